The average Bonchev–Trinajstić information content (AvgIpc) is 2.97. The first-order valence-electron chi connectivity index (χ1n) is 6.68. The van der Waals surface area contributed by atoms with Crippen LogP contribution in [0.1, 0.15) is 56.4 Å². The largest absolute Gasteiger partial charge is 0.440 e. The fourth-order valence-corrected chi connectivity index (χ4v) is 2.19. The zero-order chi connectivity index (χ0) is 12.7. The fourth-order valence-electron chi connectivity index (χ4n) is 2.19. The highest BCUT2D eigenvalue weighted by Gasteiger charge is 2.32. The summed E-state index contributed by atoms with van der Waals surface area (Å²) in [4.78, 5) is 4.70. The Bertz CT molecular complexity index is 551. The second-order valence-electron chi connectivity index (χ2n) is 5.25. The highest BCUT2D eigenvalue weighted by Crippen LogP contribution is 2.44. The number of hydrogen-bond donors (Lipinski definition) is 0. The Morgan fingerprint density at radius 2 is 2.28 bits per heavy atom. The first-order valence-corrected chi connectivity index (χ1v) is 6.68. The molecular weight excluding hydrogens is 226 g/mol. The molecule has 0 aliphatic heterocycles. The van der Waals surface area contributed by atoms with Crippen LogP contribution < -0.4 is 0 Å². The van der Waals surface area contributed by atoms with Crippen molar-refractivity contribution in [3.8, 4) is 11.5 Å². The summed E-state index contributed by atoms with van der Waals surface area (Å²) < 4.78 is 7.78. The fraction of sp³-hybridized carbons (Fsp3) is 0.571. The van der Waals surface area contributed by atoms with E-state index in [9.17, 15) is 0 Å². The standard InChI is InChI=1S/C14H19N3O/c1-4-9(2)13-12(10-5-6-10)16-14(18-13)11-7-15-17(3)8-11/h7-10H,4-6H2,1-3H3. The van der Waals surface area contributed by atoms with Crippen molar-refractivity contribution in [3.63, 3.8) is 0 Å². The lowest BCUT2D eigenvalue weighted by Crippen LogP contribution is -1.94. The van der Waals surface area contributed by atoms with Gasteiger partial charge in [-0.25, -0.2) is 4.98 Å². The van der Waals surface area contributed by atoms with Crippen molar-refractivity contribution in [3.05, 3.63) is 23.8 Å². The van der Waals surface area contributed by atoms with Crippen molar-refractivity contribution in [2.45, 2.75) is 44.9 Å². The number of nitrogens with zero attached hydrogens (tertiary/aromatic N) is 3. The zero-order valence-electron chi connectivity index (χ0n) is 11.2. The van der Waals surface area contributed by atoms with Crippen LogP contribution in [-0.2, 0) is 7.05 Å². The van der Waals surface area contributed by atoms with Crippen LogP contribution in [0, 0.1) is 0 Å². The minimum absolute atomic E-state index is 0.443. The molecule has 0 aromatic carbocycles. The molecule has 4 heteroatoms. The molecule has 0 bridgehead atoms. The summed E-state index contributed by atoms with van der Waals surface area (Å²) in [6, 6.07) is 0. The van der Waals surface area contributed by atoms with Crippen molar-refractivity contribution in [1.29, 1.82) is 0 Å². The second kappa shape index (κ2) is 4.26. The van der Waals surface area contributed by atoms with Gasteiger partial charge in [-0.3, -0.25) is 4.68 Å². The summed E-state index contributed by atoms with van der Waals surface area (Å²) in [6.45, 7) is 4.40. The number of hydrogen-bond acceptors (Lipinski definition) is 3. The smallest absolute Gasteiger partial charge is 0.229 e. The highest BCUT2D eigenvalue weighted by atomic mass is 16.4. The van der Waals surface area contributed by atoms with Gasteiger partial charge in [-0.1, -0.05) is 13.8 Å². The third-order valence-corrected chi connectivity index (χ3v) is 3.66. The third-order valence-electron chi connectivity index (χ3n) is 3.66. The average molecular weight is 245 g/mol. The lowest BCUT2D eigenvalue weighted by molar-refractivity contribution is 0.472. The van der Waals surface area contributed by atoms with Crippen molar-refractivity contribution in [2.75, 3.05) is 0 Å². The van der Waals surface area contributed by atoms with E-state index in [1.165, 1.54) is 18.5 Å². The molecule has 1 unspecified atom stereocenters. The topological polar surface area (TPSA) is 43.9 Å². The van der Waals surface area contributed by atoms with Gasteiger partial charge in [-0.2, -0.15) is 5.10 Å². The van der Waals surface area contributed by atoms with Crippen LogP contribution in [0.2, 0.25) is 0 Å². The second-order valence-corrected chi connectivity index (χ2v) is 5.25. The maximum Gasteiger partial charge on any atom is 0.229 e. The van der Waals surface area contributed by atoms with E-state index in [-0.39, 0.29) is 0 Å². The van der Waals surface area contributed by atoms with Crippen LogP contribution >= 0.6 is 0 Å². The normalized spacial score (nSPS) is 17.1. The Morgan fingerprint density at radius 1 is 1.50 bits per heavy atom. The van der Waals surface area contributed by atoms with E-state index in [2.05, 4.69) is 18.9 Å². The van der Waals surface area contributed by atoms with Crippen LogP contribution in [0.3, 0.4) is 0 Å². The molecule has 1 fully saturated rings. The van der Waals surface area contributed by atoms with E-state index in [0.29, 0.717) is 11.8 Å². The van der Waals surface area contributed by atoms with E-state index < -0.39 is 0 Å². The van der Waals surface area contributed by atoms with Gasteiger partial charge in [-0.15, -0.1) is 0 Å². The van der Waals surface area contributed by atoms with Gasteiger partial charge < -0.3 is 4.42 Å². The van der Waals surface area contributed by atoms with Gasteiger partial charge in [0.2, 0.25) is 5.89 Å². The van der Waals surface area contributed by atoms with Crippen molar-refractivity contribution in [2.24, 2.45) is 7.05 Å². The summed E-state index contributed by atoms with van der Waals surface area (Å²) >= 11 is 0. The lowest BCUT2D eigenvalue weighted by Gasteiger charge is -2.05. The predicted octanol–water partition coefficient (Wildman–Crippen LogP) is 3.47. The Morgan fingerprint density at radius 3 is 2.83 bits per heavy atom. The Hall–Kier alpha value is -1.58. The molecule has 3 rings (SSSR count). The summed E-state index contributed by atoms with van der Waals surface area (Å²) in [7, 11) is 1.91. The van der Waals surface area contributed by atoms with E-state index >= 15 is 0 Å². The van der Waals surface area contributed by atoms with Crippen LogP contribution in [-0.4, -0.2) is 14.8 Å². The molecule has 2 aromatic heterocycles. The molecular formula is C14H19N3O. The first kappa shape index (κ1) is 11.5. The van der Waals surface area contributed by atoms with E-state index in [4.69, 9.17) is 9.40 Å². The summed E-state index contributed by atoms with van der Waals surface area (Å²) in [5.74, 6) is 2.88. The summed E-state index contributed by atoms with van der Waals surface area (Å²) in [5.41, 5.74) is 2.15. The monoisotopic (exact) mass is 245 g/mol. The van der Waals surface area contributed by atoms with E-state index in [1.54, 1.807) is 4.68 Å². The van der Waals surface area contributed by atoms with Crippen LogP contribution in [0.4, 0.5) is 0 Å². The maximum absolute atomic E-state index is 6.00. The number of aromatic nitrogens is 3. The van der Waals surface area contributed by atoms with Crippen LogP contribution in [0.5, 0.6) is 0 Å². The summed E-state index contributed by atoms with van der Waals surface area (Å²) in [6.07, 6.45) is 7.35. The minimum atomic E-state index is 0.443. The van der Waals surface area contributed by atoms with Gasteiger partial charge in [0.15, 0.2) is 0 Å². The van der Waals surface area contributed by atoms with E-state index in [0.717, 1.165) is 23.6 Å². The molecule has 0 N–H and O–H groups in total. The third kappa shape index (κ3) is 1.96. The molecule has 1 saturated carbocycles. The minimum Gasteiger partial charge on any atom is -0.440 e. The molecule has 4 nitrogen and oxygen atoms in total. The molecule has 1 aliphatic rings. The summed E-state index contributed by atoms with van der Waals surface area (Å²) in [5, 5.41) is 4.17. The van der Waals surface area contributed by atoms with Gasteiger partial charge in [-0.05, 0) is 19.3 Å². The zero-order valence-corrected chi connectivity index (χ0v) is 11.2. The van der Waals surface area contributed by atoms with Gasteiger partial charge in [0.1, 0.15) is 5.76 Å². The van der Waals surface area contributed by atoms with Gasteiger partial charge in [0.05, 0.1) is 17.5 Å². The lowest BCUT2D eigenvalue weighted by atomic mass is 10.0. The molecule has 0 saturated heterocycles. The van der Waals surface area contributed by atoms with Gasteiger partial charge in [0.25, 0.3) is 0 Å². The van der Waals surface area contributed by atoms with Gasteiger partial charge >= 0.3 is 0 Å². The molecule has 18 heavy (non-hydrogen) atoms. The molecule has 0 amide bonds. The Balaban J connectivity index is 2.01. The maximum atomic E-state index is 6.00. The highest BCUT2D eigenvalue weighted by molar-refractivity contribution is 5.51. The molecule has 96 valence electrons. The van der Waals surface area contributed by atoms with Crippen molar-refractivity contribution in [1.82, 2.24) is 14.8 Å². The molecule has 0 radical (unpaired) electrons. The molecule has 1 atom stereocenters. The molecule has 2 heterocycles. The van der Waals surface area contributed by atoms with Crippen LogP contribution in [0.25, 0.3) is 11.5 Å². The molecule has 0 spiro atoms. The number of oxazole rings is 1. The number of rotatable bonds is 4. The number of aryl methyl sites for hydroxylation is 1. The van der Waals surface area contributed by atoms with Crippen LogP contribution in [0.15, 0.2) is 16.8 Å². The quantitative estimate of drug-likeness (QED) is 0.828. The first-order chi connectivity index (χ1) is 8.69. The van der Waals surface area contributed by atoms with E-state index in [1.807, 2.05) is 19.4 Å². The van der Waals surface area contributed by atoms with Crippen molar-refractivity contribution >= 4 is 0 Å². The van der Waals surface area contributed by atoms with Crippen molar-refractivity contribution < 1.29 is 4.42 Å². The predicted molar refractivity (Wildman–Crippen MR) is 69.4 cm³/mol. The molecule has 1 aliphatic carbocycles. The van der Waals surface area contributed by atoms with Gasteiger partial charge in [0, 0.05) is 25.1 Å². The Labute approximate surface area is 107 Å². The molecule has 2 aromatic rings. The SMILES string of the molecule is CCC(C)c1oc(-c2cnn(C)c2)nc1C1CC1. The Kier molecular flexibility index (Phi) is 2.73.